The lowest BCUT2D eigenvalue weighted by atomic mass is 10.2. The summed E-state index contributed by atoms with van der Waals surface area (Å²) in [6, 6.07) is 5.83. The van der Waals surface area contributed by atoms with Crippen molar-refractivity contribution in [3.63, 3.8) is 0 Å². The van der Waals surface area contributed by atoms with Crippen LogP contribution >= 0.6 is 19.0 Å². The van der Waals surface area contributed by atoms with E-state index in [-0.39, 0.29) is 31.6 Å². The van der Waals surface area contributed by atoms with Crippen LogP contribution in [0, 0.1) is 5.92 Å². The molecule has 2 unspecified atom stereocenters. The fraction of sp³-hybridized carbons (Fsp3) is 0.450. The Morgan fingerprint density at radius 1 is 1.40 bits per heavy atom. The summed E-state index contributed by atoms with van der Waals surface area (Å²) in [5, 5.41) is 4.02. The quantitative estimate of drug-likeness (QED) is 0.269. The monoisotopic (exact) mass is 455 g/mol. The van der Waals surface area contributed by atoms with Gasteiger partial charge >= 0.3 is 6.03 Å². The minimum absolute atomic E-state index is 0.142. The van der Waals surface area contributed by atoms with Gasteiger partial charge in [-0.3, -0.25) is 19.1 Å². The summed E-state index contributed by atoms with van der Waals surface area (Å²) < 4.78 is 13.3. The van der Waals surface area contributed by atoms with Gasteiger partial charge in [0, 0.05) is 17.5 Å². The van der Waals surface area contributed by atoms with Crippen molar-refractivity contribution in [2.75, 3.05) is 13.1 Å². The molecular formula is C20H27ClN3O5P. The number of imide groups is 1. The van der Waals surface area contributed by atoms with Crippen LogP contribution < -0.4 is 10.6 Å². The van der Waals surface area contributed by atoms with Crippen molar-refractivity contribution in [3.8, 4) is 0 Å². The van der Waals surface area contributed by atoms with Gasteiger partial charge in [-0.15, -0.1) is 6.58 Å². The Kier molecular flexibility index (Phi) is 8.24. The molecule has 1 aromatic carbocycles. The van der Waals surface area contributed by atoms with Crippen LogP contribution in [-0.2, 0) is 20.3 Å². The molecule has 0 bridgehead atoms. The molecular weight excluding hydrogens is 429 g/mol. The highest BCUT2D eigenvalue weighted by Gasteiger charge is 2.65. The van der Waals surface area contributed by atoms with Crippen LogP contribution in [0.4, 0.5) is 4.79 Å². The highest BCUT2D eigenvalue weighted by atomic mass is 35.5. The number of carbonyl (C=O) groups is 3. The van der Waals surface area contributed by atoms with E-state index in [9.17, 15) is 23.8 Å². The van der Waals surface area contributed by atoms with Crippen molar-refractivity contribution in [3.05, 3.63) is 47.5 Å². The molecule has 0 heterocycles. The van der Waals surface area contributed by atoms with Crippen molar-refractivity contribution in [1.29, 1.82) is 0 Å². The Labute approximate surface area is 181 Å². The first kappa shape index (κ1) is 24.1. The summed E-state index contributed by atoms with van der Waals surface area (Å²) in [6.07, 6.45) is 3.33. The fourth-order valence-electron chi connectivity index (χ4n) is 3.30. The number of halogens is 1. The summed E-state index contributed by atoms with van der Waals surface area (Å²) in [7, 11) is -3.92. The van der Waals surface area contributed by atoms with Crippen molar-refractivity contribution >= 4 is 37.3 Å². The van der Waals surface area contributed by atoms with Gasteiger partial charge in [0.05, 0.1) is 12.7 Å². The first-order valence-electron chi connectivity index (χ1n) is 9.69. The third-order valence-corrected chi connectivity index (χ3v) is 8.06. The lowest BCUT2D eigenvalue weighted by Crippen LogP contribution is -2.51. The van der Waals surface area contributed by atoms with E-state index in [2.05, 4.69) is 17.2 Å². The zero-order valence-electron chi connectivity index (χ0n) is 16.8. The molecule has 4 amide bonds. The lowest BCUT2D eigenvalue weighted by molar-refractivity contribution is -0.128. The molecule has 1 aromatic rings. The summed E-state index contributed by atoms with van der Waals surface area (Å²) in [6.45, 7) is 5.42. The number of nitrogens with one attached hydrogen (secondary N) is 2. The number of carbonyl (C=O) groups excluding carboxylic acids is 3. The van der Waals surface area contributed by atoms with Crippen LogP contribution in [-0.4, -0.2) is 46.5 Å². The second kappa shape index (κ2) is 10.2. The number of benzene rings is 1. The molecule has 3 N–H and O–H groups in total. The van der Waals surface area contributed by atoms with Gasteiger partial charge in [0.15, 0.2) is 0 Å². The average molecular weight is 456 g/mol. The first-order valence-corrected chi connectivity index (χ1v) is 11.9. The zero-order valence-corrected chi connectivity index (χ0v) is 18.5. The number of rotatable bonds is 11. The largest absolute Gasteiger partial charge is 0.350 e. The number of amides is 4. The summed E-state index contributed by atoms with van der Waals surface area (Å²) in [4.78, 5) is 47.6. The summed E-state index contributed by atoms with van der Waals surface area (Å²) in [5.41, 5.74) is 0.614. The molecule has 164 valence electrons. The number of nitrogens with zero attached hydrogens (tertiary/aromatic N) is 1. The highest BCUT2D eigenvalue weighted by Crippen LogP contribution is 2.70. The molecule has 1 aliphatic carbocycles. The van der Waals surface area contributed by atoms with E-state index in [1.807, 2.05) is 6.92 Å². The molecule has 8 nitrogen and oxygen atoms in total. The van der Waals surface area contributed by atoms with Crippen LogP contribution in [0.5, 0.6) is 0 Å². The normalized spacial score (nSPS) is 21.8. The van der Waals surface area contributed by atoms with Crippen molar-refractivity contribution in [2.24, 2.45) is 5.92 Å². The molecule has 0 aliphatic heterocycles. The second-order valence-electron chi connectivity index (χ2n) is 7.28. The van der Waals surface area contributed by atoms with Crippen LogP contribution in [0.1, 0.15) is 31.7 Å². The minimum atomic E-state index is -3.92. The Balaban J connectivity index is 2.22. The van der Waals surface area contributed by atoms with Gasteiger partial charge in [0.2, 0.25) is 19.7 Å². The molecule has 10 heteroatoms. The third kappa shape index (κ3) is 5.50. The Morgan fingerprint density at radius 2 is 2.07 bits per heavy atom. The zero-order chi connectivity index (χ0) is 22.4. The van der Waals surface area contributed by atoms with Gasteiger partial charge < -0.3 is 15.5 Å². The third-order valence-electron chi connectivity index (χ3n) is 5.14. The smallest absolute Gasteiger partial charge is 0.325 e. The van der Waals surface area contributed by atoms with Gasteiger partial charge in [-0.2, -0.15) is 0 Å². The SMILES string of the molecule is C=CC1C[C@]1(NC(=O)N(CCCC)C(=O)CNC=O)P(=O)(O)Cc1ccc(Cl)cc1. The molecule has 1 aliphatic rings. The number of hydrogen-bond acceptors (Lipinski definition) is 4. The van der Waals surface area contributed by atoms with Crippen LogP contribution in [0.15, 0.2) is 36.9 Å². The molecule has 0 saturated heterocycles. The van der Waals surface area contributed by atoms with Crippen LogP contribution in [0.2, 0.25) is 5.02 Å². The van der Waals surface area contributed by atoms with Crippen molar-refractivity contribution in [1.82, 2.24) is 15.5 Å². The summed E-state index contributed by atoms with van der Waals surface area (Å²) in [5.74, 6) is -0.981. The van der Waals surface area contributed by atoms with Crippen LogP contribution in [0.25, 0.3) is 0 Å². The number of urea groups is 1. The highest BCUT2D eigenvalue weighted by molar-refractivity contribution is 7.59. The standard InChI is InChI=1S/C20H27ClN3O5P/c1-3-5-10-24(18(26)12-22-14-25)19(27)23-20(11-16(20)4-2)30(28,29)13-15-6-8-17(21)9-7-15/h4,6-9,14,16H,2-3,5,10-13H2,1H3,(H,22,25)(H,23,27)(H,28,29)/t16?,20-/m0/s1. The Bertz CT molecular complexity index is 847. The maximum Gasteiger partial charge on any atom is 0.325 e. The predicted molar refractivity (Wildman–Crippen MR) is 115 cm³/mol. The van der Waals surface area contributed by atoms with Crippen molar-refractivity contribution < 1.29 is 23.8 Å². The average Bonchev–Trinajstić information content (AvgIpc) is 3.43. The molecule has 30 heavy (non-hydrogen) atoms. The van der Waals surface area contributed by atoms with Gasteiger partial charge in [-0.1, -0.05) is 43.2 Å². The van der Waals surface area contributed by atoms with E-state index in [1.54, 1.807) is 24.3 Å². The van der Waals surface area contributed by atoms with Gasteiger partial charge in [0.25, 0.3) is 0 Å². The van der Waals surface area contributed by atoms with E-state index >= 15 is 0 Å². The first-order chi connectivity index (χ1) is 14.2. The van der Waals surface area contributed by atoms with E-state index in [0.717, 1.165) is 11.3 Å². The van der Waals surface area contributed by atoms with E-state index in [1.165, 1.54) is 6.08 Å². The van der Waals surface area contributed by atoms with Gasteiger partial charge in [-0.05, 0) is 30.5 Å². The fourth-order valence-corrected chi connectivity index (χ4v) is 5.79. The predicted octanol–water partition coefficient (Wildman–Crippen LogP) is 3.10. The van der Waals surface area contributed by atoms with Crippen molar-refractivity contribution in [2.45, 2.75) is 37.6 Å². The molecule has 1 saturated carbocycles. The molecule has 0 spiro atoms. The van der Waals surface area contributed by atoms with E-state index in [0.29, 0.717) is 23.4 Å². The Morgan fingerprint density at radius 3 is 2.60 bits per heavy atom. The topological polar surface area (TPSA) is 116 Å². The van der Waals surface area contributed by atoms with E-state index in [4.69, 9.17) is 11.6 Å². The maximum atomic E-state index is 13.3. The summed E-state index contributed by atoms with van der Waals surface area (Å²) >= 11 is 5.88. The molecule has 1 fully saturated rings. The van der Waals surface area contributed by atoms with Gasteiger partial charge in [-0.25, -0.2) is 4.79 Å². The minimum Gasteiger partial charge on any atom is -0.350 e. The lowest BCUT2D eigenvalue weighted by Gasteiger charge is -2.29. The number of unbranched alkanes of at least 4 members (excludes halogenated alkanes) is 1. The second-order valence-corrected chi connectivity index (χ2v) is 10.2. The van der Waals surface area contributed by atoms with E-state index < -0.39 is 24.6 Å². The molecule has 3 atom stereocenters. The maximum absolute atomic E-state index is 13.3. The van der Waals surface area contributed by atoms with Gasteiger partial charge in [0.1, 0.15) is 5.28 Å². The van der Waals surface area contributed by atoms with Crippen LogP contribution in [0.3, 0.4) is 0 Å². The number of hydrogen-bond donors (Lipinski definition) is 3. The Hall–Kier alpha value is -2.15. The molecule has 2 rings (SSSR count). The molecule has 0 aromatic heterocycles. The molecule has 0 radical (unpaired) electrons.